The summed E-state index contributed by atoms with van der Waals surface area (Å²) in [6, 6.07) is 6.92. The van der Waals surface area contributed by atoms with E-state index in [0.717, 1.165) is 16.8 Å². The Hall–Kier alpha value is -2.24. The van der Waals surface area contributed by atoms with Crippen LogP contribution in [0.25, 0.3) is 11.0 Å². The maximum atomic E-state index is 9.67. The molecule has 0 spiro atoms. The van der Waals surface area contributed by atoms with E-state index in [1.807, 2.05) is 26.0 Å². The summed E-state index contributed by atoms with van der Waals surface area (Å²) in [6.45, 7) is 4.36. The molecule has 24 heavy (non-hydrogen) atoms. The molecule has 0 saturated carbocycles. The third-order valence-electron chi connectivity index (χ3n) is 3.47. The molecule has 5 nitrogen and oxygen atoms in total. The van der Waals surface area contributed by atoms with Crippen LogP contribution in [0.4, 0.5) is 11.4 Å². The Balaban J connectivity index is 2.07. The molecule has 0 atom stereocenters. The van der Waals surface area contributed by atoms with Crippen molar-refractivity contribution in [2.45, 2.75) is 13.8 Å². The van der Waals surface area contributed by atoms with Gasteiger partial charge in [-0.15, -0.1) is 0 Å². The van der Waals surface area contributed by atoms with Gasteiger partial charge in [-0.1, -0.05) is 23.2 Å². The van der Waals surface area contributed by atoms with Gasteiger partial charge in [0.25, 0.3) is 0 Å². The van der Waals surface area contributed by atoms with E-state index in [2.05, 4.69) is 15.3 Å². The zero-order valence-electron chi connectivity index (χ0n) is 13.1. The van der Waals surface area contributed by atoms with Crippen LogP contribution in [0.1, 0.15) is 12.6 Å². The largest absolute Gasteiger partial charge is 0.505 e. The number of aromatic nitrogens is 2. The first kappa shape index (κ1) is 16.6. The molecule has 2 N–H and O–H groups in total. The molecule has 3 rings (SSSR count). The lowest BCUT2D eigenvalue weighted by Crippen LogP contribution is -1.99. The number of aromatic hydroxyl groups is 1. The minimum absolute atomic E-state index is 0.139. The highest BCUT2D eigenvalue weighted by Gasteiger charge is 2.11. The van der Waals surface area contributed by atoms with E-state index in [-0.39, 0.29) is 15.8 Å². The Labute approximate surface area is 149 Å². The zero-order valence-corrected chi connectivity index (χ0v) is 14.6. The van der Waals surface area contributed by atoms with Crippen molar-refractivity contribution < 1.29 is 9.84 Å². The first-order chi connectivity index (χ1) is 11.5. The number of hydrogen-bond donors (Lipinski definition) is 2. The number of ether oxygens (including phenoxy) is 1. The van der Waals surface area contributed by atoms with Gasteiger partial charge in [0.05, 0.1) is 28.0 Å². The lowest BCUT2D eigenvalue weighted by molar-refractivity contribution is 0.337. The molecule has 0 amide bonds. The van der Waals surface area contributed by atoms with Crippen molar-refractivity contribution in [1.82, 2.24) is 9.97 Å². The standard InChI is InChI=1S/C17H15Cl2N3O2/c1-3-24-15-8-11-14(4-5-20-17(11)21-9(15)2)22-10-6-12(18)16(23)13(19)7-10/h4-8,23H,3H2,1-2H3,(H,20,21,22). The lowest BCUT2D eigenvalue weighted by atomic mass is 10.2. The van der Waals surface area contributed by atoms with Gasteiger partial charge in [0.2, 0.25) is 0 Å². The van der Waals surface area contributed by atoms with Gasteiger partial charge in [-0.2, -0.15) is 0 Å². The maximum Gasteiger partial charge on any atom is 0.161 e. The van der Waals surface area contributed by atoms with Gasteiger partial charge in [0, 0.05) is 17.3 Å². The van der Waals surface area contributed by atoms with Crippen molar-refractivity contribution in [2.24, 2.45) is 0 Å². The minimum Gasteiger partial charge on any atom is -0.505 e. The number of rotatable bonds is 4. The normalized spacial score (nSPS) is 10.8. The highest BCUT2D eigenvalue weighted by atomic mass is 35.5. The third kappa shape index (κ3) is 3.18. The second kappa shape index (κ2) is 6.71. The van der Waals surface area contributed by atoms with Gasteiger partial charge in [0.15, 0.2) is 11.4 Å². The van der Waals surface area contributed by atoms with Crippen LogP contribution in [0, 0.1) is 6.92 Å². The Bertz CT molecular complexity index is 893. The van der Waals surface area contributed by atoms with E-state index < -0.39 is 0 Å². The smallest absolute Gasteiger partial charge is 0.161 e. The summed E-state index contributed by atoms with van der Waals surface area (Å²) in [5.41, 5.74) is 2.82. The Morgan fingerprint density at radius 1 is 1.21 bits per heavy atom. The number of phenolic OH excluding ortho intramolecular Hbond substituents is 1. The molecule has 1 aromatic carbocycles. The fourth-order valence-electron chi connectivity index (χ4n) is 2.35. The highest BCUT2D eigenvalue weighted by molar-refractivity contribution is 6.37. The number of phenols is 1. The number of aryl methyl sites for hydroxylation is 1. The number of pyridine rings is 2. The Morgan fingerprint density at radius 2 is 1.92 bits per heavy atom. The summed E-state index contributed by atoms with van der Waals surface area (Å²) in [7, 11) is 0. The van der Waals surface area contributed by atoms with E-state index in [0.29, 0.717) is 23.7 Å². The van der Waals surface area contributed by atoms with Crippen LogP contribution in [-0.4, -0.2) is 21.7 Å². The lowest BCUT2D eigenvalue weighted by Gasteiger charge is -2.13. The van der Waals surface area contributed by atoms with Gasteiger partial charge in [0.1, 0.15) is 5.75 Å². The Morgan fingerprint density at radius 3 is 2.58 bits per heavy atom. The van der Waals surface area contributed by atoms with Crippen LogP contribution in [0.2, 0.25) is 10.0 Å². The SMILES string of the molecule is CCOc1cc2c(Nc3cc(Cl)c(O)c(Cl)c3)ccnc2nc1C. The molecule has 0 radical (unpaired) electrons. The predicted molar refractivity (Wildman–Crippen MR) is 96.9 cm³/mol. The van der Waals surface area contributed by atoms with Crippen molar-refractivity contribution >= 4 is 45.6 Å². The molecule has 7 heteroatoms. The quantitative estimate of drug-likeness (QED) is 0.631. The molecular weight excluding hydrogens is 349 g/mol. The van der Waals surface area contributed by atoms with E-state index in [9.17, 15) is 5.11 Å². The minimum atomic E-state index is -0.139. The number of halogens is 2. The van der Waals surface area contributed by atoms with Crippen molar-refractivity contribution in [2.75, 3.05) is 11.9 Å². The molecular formula is C17H15Cl2N3O2. The molecule has 124 valence electrons. The maximum absolute atomic E-state index is 9.67. The molecule has 2 aromatic heterocycles. The second-order valence-corrected chi connectivity index (χ2v) is 5.96. The molecule has 3 aromatic rings. The van der Waals surface area contributed by atoms with Crippen LogP contribution < -0.4 is 10.1 Å². The molecule has 2 heterocycles. The molecule has 0 saturated heterocycles. The van der Waals surface area contributed by atoms with E-state index >= 15 is 0 Å². The van der Waals surface area contributed by atoms with Crippen molar-refractivity contribution in [3.05, 3.63) is 46.2 Å². The van der Waals surface area contributed by atoms with E-state index in [1.54, 1.807) is 18.3 Å². The number of nitrogens with zero attached hydrogens (tertiary/aromatic N) is 2. The number of hydrogen-bond acceptors (Lipinski definition) is 5. The van der Waals surface area contributed by atoms with Gasteiger partial charge >= 0.3 is 0 Å². The summed E-state index contributed by atoms with van der Waals surface area (Å²) in [5.74, 6) is 0.571. The molecule has 0 unspecified atom stereocenters. The second-order valence-electron chi connectivity index (χ2n) is 5.15. The fraction of sp³-hybridized carbons (Fsp3) is 0.176. The number of benzene rings is 1. The average molecular weight is 364 g/mol. The van der Waals surface area contributed by atoms with E-state index in [1.165, 1.54) is 0 Å². The summed E-state index contributed by atoms with van der Waals surface area (Å²) in [4.78, 5) is 8.77. The van der Waals surface area contributed by atoms with Gasteiger partial charge in [-0.3, -0.25) is 0 Å². The Kier molecular flexibility index (Phi) is 4.64. The zero-order chi connectivity index (χ0) is 17.3. The van der Waals surface area contributed by atoms with Gasteiger partial charge < -0.3 is 15.2 Å². The monoisotopic (exact) mass is 363 g/mol. The van der Waals surface area contributed by atoms with Crippen LogP contribution >= 0.6 is 23.2 Å². The number of fused-ring (bicyclic) bond motifs is 1. The van der Waals surface area contributed by atoms with Crippen molar-refractivity contribution in [1.29, 1.82) is 0 Å². The van der Waals surface area contributed by atoms with E-state index in [4.69, 9.17) is 27.9 Å². The predicted octanol–water partition coefficient (Wildman–Crippen LogP) is 5.09. The average Bonchev–Trinajstić information content (AvgIpc) is 2.54. The first-order valence-electron chi connectivity index (χ1n) is 7.33. The van der Waals surface area contributed by atoms with Crippen LogP contribution in [0.5, 0.6) is 11.5 Å². The summed E-state index contributed by atoms with van der Waals surface area (Å²) in [6.07, 6.45) is 1.67. The molecule has 0 bridgehead atoms. The number of nitrogens with one attached hydrogen (secondary N) is 1. The van der Waals surface area contributed by atoms with Gasteiger partial charge in [-0.25, -0.2) is 9.97 Å². The van der Waals surface area contributed by atoms with Crippen LogP contribution in [0.15, 0.2) is 30.5 Å². The fourth-order valence-corrected chi connectivity index (χ4v) is 2.83. The third-order valence-corrected chi connectivity index (χ3v) is 4.05. The summed E-state index contributed by atoms with van der Waals surface area (Å²) < 4.78 is 5.61. The number of anilines is 2. The van der Waals surface area contributed by atoms with Crippen LogP contribution in [0.3, 0.4) is 0 Å². The van der Waals surface area contributed by atoms with Crippen LogP contribution in [-0.2, 0) is 0 Å². The molecule has 0 aliphatic carbocycles. The first-order valence-corrected chi connectivity index (χ1v) is 8.09. The molecule has 0 aliphatic rings. The van der Waals surface area contributed by atoms with Gasteiger partial charge in [-0.05, 0) is 38.1 Å². The molecule has 0 fully saturated rings. The molecule has 0 aliphatic heterocycles. The van der Waals surface area contributed by atoms with Crippen molar-refractivity contribution in [3.63, 3.8) is 0 Å². The van der Waals surface area contributed by atoms with Crippen molar-refractivity contribution in [3.8, 4) is 11.5 Å². The highest BCUT2D eigenvalue weighted by Crippen LogP contribution is 2.36. The topological polar surface area (TPSA) is 67.3 Å². The summed E-state index contributed by atoms with van der Waals surface area (Å²) in [5, 5.41) is 14.1. The summed E-state index contributed by atoms with van der Waals surface area (Å²) >= 11 is 11.9.